The molecule has 0 aliphatic carbocycles. The Morgan fingerprint density at radius 1 is 1.27 bits per heavy atom. The van der Waals surface area contributed by atoms with Crippen LogP contribution in [0, 0.1) is 17.2 Å². The first-order valence-corrected chi connectivity index (χ1v) is 9.87. The molecule has 0 atom stereocenters. The number of aryl methyl sites for hydroxylation is 1. The van der Waals surface area contributed by atoms with Gasteiger partial charge in [-0.1, -0.05) is 0 Å². The molecule has 2 aromatic heterocycles. The molecule has 0 bridgehead atoms. The predicted octanol–water partition coefficient (Wildman–Crippen LogP) is 4.23. The number of pyridine rings is 1. The van der Waals surface area contributed by atoms with Gasteiger partial charge in [-0.15, -0.1) is 0 Å². The molecular formula is C21H22F3N5O. The van der Waals surface area contributed by atoms with Gasteiger partial charge in [0.15, 0.2) is 5.69 Å². The number of H-pyrrole nitrogens is 1. The van der Waals surface area contributed by atoms with Gasteiger partial charge in [0.25, 0.3) is 0 Å². The second-order valence-electron chi connectivity index (χ2n) is 7.57. The maximum absolute atomic E-state index is 13.7. The summed E-state index contributed by atoms with van der Waals surface area (Å²) in [5.74, 6) is 0.296. The van der Waals surface area contributed by atoms with Crippen LogP contribution < -0.4 is 10.1 Å². The van der Waals surface area contributed by atoms with Crippen LogP contribution in [0.4, 0.5) is 13.2 Å². The van der Waals surface area contributed by atoms with Crippen molar-refractivity contribution in [3.63, 3.8) is 0 Å². The van der Waals surface area contributed by atoms with Crippen LogP contribution in [0.25, 0.3) is 22.3 Å². The summed E-state index contributed by atoms with van der Waals surface area (Å²) in [7, 11) is 1.76. The number of fused-ring (bicyclic) bond motifs is 1. The van der Waals surface area contributed by atoms with Crippen molar-refractivity contribution in [3.05, 3.63) is 35.5 Å². The number of aromatic nitrogens is 3. The van der Waals surface area contributed by atoms with E-state index >= 15 is 0 Å². The molecule has 6 nitrogen and oxygen atoms in total. The van der Waals surface area contributed by atoms with Gasteiger partial charge in [-0.3, -0.25) is 9.78 Å². The molecule has 9 heteroatoms. The highest BCUT2D eigenvalue weighted by atomic mass is 19.4. The molecule has 1 saturated heterocycles. The standard InChI is InChI=1S/C21H22F3N5O/c1-29-18-11-16(27-17(12-25)20(18)28-29)14-2-3-19(15(10-14)21(22,23)24)30-9-6-13-4-7-26-8-5-13/h2-3,10-11,13,26,28H,4-9H2,1H3. The van der Waals surface area contributed by atoms with Gasteiger partial charge in [0, 0.05) is 12.6 Å². The molecule has 3 aromatic rings. The van der Waals surface area contributed by atoms with E-state index in [-0.39, 0.29) is 23.6 Å². The summed E-state index contributed by atoms with van der Waals surface area (Å²) in [6.45, 7) is 2.13. The van der Waals surface area contributed by atoms with Gasteiger partial charge in [-0.25, -0.2) is 4.98 Å². The summed E-state index contributed by atoms with van der Waals surface area (Å²) in [6, 6.07) is 7.59. The molecule has 0 radical (unpaired) electrons. The first kappa shape index (κ1) is 20.3. The number of nitrogens with one attached hydrogen (secondary N) is 2. The number of alkyl halides is 3. The van der Waals surface area contributed by atoms with E-state index in [1.165, 1.54) is 6.07 Å². The van der Waals surface area contributed by atoms with Crippen LogP contribution in [0.2, 0.25) is 0 Å². The maximum Gasteiger partial charge on any atom is 0.419 e. The average molecular weight is 417 g/mol. The molecule has 30 heavy (non-hydrogen) atoms. The van der Waals surface area contributed by atoms with E-state index in [0.717, 1.165) is 38.4 Å². The highest BCUT2D eigenvalue weighted by molar-refractivity contribution is 5.85. The van der Waals surface area contributed by atoms with Crippen LogP contribution in [-0.2, 0) is 13.2 Å². The summed E-state index contributed by atoms with van der Waals surface area (Å²) < 4.78 is 48.4. The van der Waals surface area contributed by atoms with Crippen LogP contribution in [0.5, 0.6) is 5.75 Å². The molecule has 1 fully saturated rings. The number of ether oxygens (including phenoxy) is 1. The molecule has 1 aliphatic heterocycles. The van der Waals surface area contributed by atoms with Gasteiger partial charge in [0.1, 0.15) is 17.3 Å². The normalized spacial score (nSPS) is 15.4. The average Bonchev–Trinajstić information content (AvgIpc) is 2.73. The Hall–Kier alpha value is -2.99. The first-order valence-electron chi connectivity index (χ1n) is 9.87. The molecule has 1 aliphatic rings. The van der Waals surface area contributed by atoms with Crippen LogP contribution in [0.3, 0.4) is 0 Å². The van der Waals surface area contributed by atoms with Crippen molar-refractivity contribution < 1.29 is 17.9 Å². The fourth-order valence-electron chi connectivity index (χ4n) is 3.85. The summed E-state index contributed by atoms with van der Waals surface area (Å²) in [5, 5.41) is 15.5. The Labute approximate surface area is 171 Å². The molecular weight excluding hydrogens is 395 g/mol. The number of rotatable bonds is 5. The third-order valence-electron chi connectivity index (χ3n) is 5.57. The fourth-order valence-corrected chi connectivity index (χ4v) is 3.85. The van der Waals surface area contributed by atoms with Gasteiger partial charge in [-0.2, -0.15) is 18.4 Å². The number of piperidine rings is 1. The van der Waals surface area contributed by atoms with E-state index in [2.05, 4.69) is 15.4 Å². The predicted molar refractivity (Wildman–Crippen MR) is 106 cm³/mol. The molecule has 1 aromatic carbocycles. The Bertz CT molecular complexity index is 1090. The van der Waals surface area contributed by atoms with Crippen LogP contribution in [0.1, 0.15) is 30.5 Å². The fraction of sp³-hybridized carbons (Fsp3) is 0.429. The lowest BCUT2D eigenvalue weighted by atomic mass is 9.95. The zero-order chi connectivity index (χ0) is 21.3. The van der Waals surface area contributed by atoms with Gasteiger partial charge < -0.3 is 10.1 Å². The van der Waals surface area contributed by atoms with Crippen LogP contribution in [-0.4, -0.2) is 34.5 Å². The van der Waals surface area contributed by atoms with Crippen molar-refractivity contribution in [2.24, 2.45) is 13.0 Å². The Morgan fingerprint density at radius 3 is 2.70 bits per heavy atom. The largest absolute Gasteiger partial charge is 0.493 e. The minimum atomic E-state index is -4.56. The topological polar surface area (TPSA) is 78.7 Å². The van der Waals surface area contributed by atoms with Crippen molar-refractivity contribution in [3.8, 4) is 23.1 Å². The zero-order valence-electron chi connectivity index (χ0n) is 16.5. The summed E-state index contributed by atoms with van der Waals surface area (Å²) in [6.07, 6.45) is -1.79. The molecule has 0 saturated carbocycles. The minimum absolute atomic E-state index is 0.149. The smallest absolute Gasteiger partial charge is 0.419 e. The third-order valence-corrected chi connectivity index (χ3v) is 5.57. The quantitative estimate of drug-likeness (QED) is 0.651. The van der Waals surface area contributed by atoms with Crippen LogP contribution >= 0.6 is 0 Å². The lowest BCUT2D eigenvalue weighted by Gasteiger charge is -2.23. The molecule has 2 N–H and O–H groups in total. The first-order chi connectivity index (χ1) is 14.4. The number of nitrogens with zero attached hydrogens (tertiary/aromatic N) is 3. The second kappa shape index (κ2) is 8.03. The SMILES string of the molecule is Cn1[nH]c2c(C#N)nc(-c3ccc(OCCC4CCNCC4)c(C(F)(F)F)c3)cc21. The van der Waals surface area contributed by atoms with E-state index in [4.69, 9.17) is 4.74 Å². The van der Waals surface area contributed by atoms with Crippen molar-refractivity contribution >= 4 is 11.0 Å². The monoisotopic (exact) mass is 417 g/mol. The second-order valence-corrected chi connectivity index (χ2v) is 7.57. The number of aromatic amines is 1. The lowest BCUT2D eigenvalue weighted by Crippen LogP contribution is -2.28. The van der Waals surface area contributed by atoms with Crippen molar-refractivity contribution in [1.82, 2.24) is 20.1 Å². The number of hydrogen-bond acceptors (Lipinski definition) is 4. The van der Waals surface area contributed by atoms with Gasteiger partial charge in [0.05, 0.1) is 23.4 Å². The Balaban J connectivity index is 1.60. The van der Waals surface area contributed by atoms with E-state index in [1.54, 1.807) is 23.9 Å². The van der Waals surface area contributed by atoms with E-state index in [1.807, 2.05) is 6.07 Å². The molecule has 0 spiro atoms. The van der Waals surface area contributed by atoms with Gasteiger partial charge >= 0.3 is 6.18 Å². The third kappa shape index (κ3) is 4.00. The highest BCUT2D eigenvalue weighted by Gasteiger charge is 2.35. The zero-order valence-corrected chi connectivity index (χ0v) is 16.5. The van der Waals surface area contributed by atoms with E-state index in [9.17, 15) is 18.4 Å². The molecule has 158 valence electrons. The van der Waals surface area contributed by atoms with Crippen molar-refractivity contribution in [2.75, 3.05) is 19.7 Å². The molecule has 3 heterocycles. The Kier molecular flexibility index (Phi) is 5.43. The van der Waals surface area contributed by atoms with E-state index in [0.29, 0.717) is 22.6 Å². The Morgan fingerprint density at radius 2 is 2.03 bits per heavy atom. The van der Waals surface area contributed by atoms with Gasteiger partial charge in [0.2, 0.25) is 0 Å². The van der Waals surface area contributed by atoms with Crippen molar-refractivity contribution in [2.45, 2.75) is 25.4 Å². The number of halogens is 3. The summed E-state index contributed by atoms with van der Waals surface area (Å²) in [5.41, 5.74) is 1.21. The molecule has 0 amide bonds. The molecule has 0 unspecified atom stereocenters. The number of hydrogen-bond donors (Lipinski definition) is 2. The summed E-state index contributed by atoms with van der Waals surface area (Å²) in [4.78, 5) is 4.22. The maximum atomic E-state index is 13.7. The summed E-state index contributed by atoms with van der Waals surface area (Å²) >= 11 is 0. The molecule has 4 rings (SSSR count). The van der Waals surface area contributed by atoms with E-state index < -0.39 is 11.7 Å². The number of benzene rings is 1. The highest BCUT2D eigenvalue weighted by Crippen LogP contribution is 2.39. The minimum Gasteiger partial charge on any atom is -0.493 e. The lowest BCUT2D eigenvalue weighted by molar-refractivity contribution is -0.138. The van der Waals surface area contributed by atoms with Gasteiger partial charge in [-0.05, 0) is 62.5 Å². The van der Waals surface area contributed by atoms with Crippen molar-refractivity contribution in [1.29, 1.82) is 5.26 Å². The van der Waals surface area contributed by atoms with Crippen LogP contribution in [0.15, 0.2) is 24.3 Å². The number of nitriles is 1.